The van der Waals surface area contributed by atoms with Crippen molar-refractivity contribution >= 4 is 21.8 Å². The highest BCUT2D eigenvalue weighted by Crippen LogP contribution is 2.05. The van der Waals surface area contributed by atoms with E-state index in [-0.39, 0.29) is 10.7 Å². The number of hydrogen-bond donors (Lipinski definition) is 0. The van der Waals surface area contributed by atoms with Crippen LogP contribution >= 0.6 is 15.9 Å². The van der Waals surface area contributed by atoms with Gasteiger partial charge < -0.3 is 9.64 Å². The zero-order valence-electron chi connectivity index (χ0n) is 6.55. The van der Waals surface area contributed by atoms with Gasteiger partial charge in [-0.2, -0.15) is 0 Å². The Labute approximate surface area is 74.8 Å². The lowest BCUT2D eigenvalue weighted by atomic mass is 10.3. The molecule has 0 N–H and O–H groups in total. The summed E-state index contributed by atoms with van der Waals surface area (Å²) in [6, 6.07) is 0. The zero-order valence-corrected chi connectivity index (χ0v) is 8.13. The van der Waals surface area contributed by atoms with E-state index in [1.54, 1.807) is 0 Å². The average Bonchev–Trinajstić information content (AvgIpc) is 2.05. The Morgan fingerprint density at radius 2 is 2.09 bits per heavy atom. The third-order valence-corrected chi connectivity index (χ3v) is 2.05. The van der Waals surface area contributed by atoms with Crippen molar-refractivity contribution in [3.05, 3.63) is 0 Å². The summed E-state index contributed by atoms with van der Waals surface area (Å²) >= 11 is 3.24. The molecule has 3 nitrogen and oxygen atoms in total. The Hall–Kier alpha value is -0.0900. The number of nitrogens with zero attached hydrogens (tertiary/aromatic N) is 1. The molecule has 0 aliphatic carbocycles. The van der Waals surface area contributed by atoms with Gasteiger partial charge in [-0.15, -0.1) is 0 Å². The van der Waals surface area contributed by atoms with E-state index in [2.05, 4.69) is 15.9 Å². The number of carbonyl (C=O) groups is 1. The molecule has 1 atom stereocenters. The Bertz CT molecular complexity index is 143. The summed E-state index contributed by atoms with van der Waals surface area (Å²) in [4.78, 5) is 13.1. The molecule has 64 valence electrons. The highest BCUT2D eigenvalue weighted by molar-refractivity contribution is 9.10. The summed E-state index contributed by atoms with van der Waals surface area (Å²) in [7, 11) is 0. The number of carbonyl (C=O) groups excluding carboxylic acids is 1. The van der Waals surface area contributed by atoms with Crippen molar-refractivity contribution < 1.29 is 9.53 Å². The standard InChI is InChI=1S/C7H12BrNO2/c1-6(8)7(10)9-2-4-11-5-3-9/h6H,2-5H2,1H3/t6-/m0/s1. The molecule has 0 aromatic carbocycles. The number of halogens is 1. The maximum Gasteiger partial charge on any atom is 0.236 e. The van der Waals surface area contributed by atoms with Crippen LogP contribution in [0.1, 0.15) is 6.92 Å². The van der Waals surface area contributed by atoms with Gasteiger partial charge in [0, 0.05) is 13.1 Å². The lowest BCUT2D eigenvalue weighted by Crippen LogP contribution is -2.43. The molecule has 0 saturated carbocycles. The fourth-order valence-corrected chi connectivity index (χ4v) is 1.32. The highest BCUT2D eigenvalue weighted by Gasteiger charge is 2.19. The second-order valence-corrected chi connectivity index (χ2v) is 3.93. The molecule has 1 fully saturated rings. The van der Waals surface area contributed by atoms with Crippen LogP contribution in [0.4, 0.5) is 0 Å². The van der Waals surface area contributed by atoms with E-state index in [0.29, 0.717) is 13.2 Å². The minimum Gasteiger partial charge on any atom is -0.378 e. The fourth-order valence-electron chi connectivity index (χ4n) is 1.04. The van der Waals surface area contributed by atoms with E-state index in [0.717, 1.165) is 13.1 Å². The summed E-state index contributed by atoms with van der Waals surface area (Å²) in [6.45, 7) is 4.65. The second kappa shape index (κ2) is 4.07. The third kappa shape index (κ3) is 2.45. The van der Waals surface area contributed by atoms with E-state index in [1.807, 2.05) is 11.8 Å². The largest absolute Gasteiger partial charge is 0.378 e. The molecular formula is C7H12BrNO2. The lowest BCUT2D eigenvalue weighted by molar-refractivity contribution is -0.134. The minimum atomic E-state index is -0.0689. The maximum absolute atomic E-state index is 11.3. The van der Waals surface area contributed by atoms with Gasteiger partial charge in [-0.1, -0.05) is 15.9 Å². The third-order valence-electron chi connectivity index (χ3n) is 1.66. The molecule has 0 unspecified atom stereocenters. The molecule has 1 aliphatic heterocycles. The van der Waals surface area contributed by atoms with Crippen LogP contribution in [-0.2, 0) is 9.53 Å². The molecule has 1 amide bonds. The van der Waals surface area contributed by atoms with Crippen molar-refractivity contribution in [1.82, 2.24) is 4.90 Å². The number of rotatable bonds is 1. The van der Waals surface area contributed by atoms with Crippen LogP contribution in [0.15, 0.2) is 0 Å². The molecular weight excluding hydrogens is 210 g/mol. The molecule has 11 heavy (non-hydrogen) atoms. The Morgan fingerprint density at radius 3 is 2.55 bits per heavy atom. The van der Waals surface area contributed by atoms with Crippen LogP contribution in [0, 0.1) is 0 Å². The van der Waals surface area contributed by atoms with Crippen molar-refractivity contribution in [2.24, 2.45) is 0 Å². The smallest absolute Gasteiger partial charge is 0.236 e. The van der Waals surface area contributed by atoms with Crippen molar-refractivity contribution in [2.75, 3.05) is 26.3 Å². The molecule has 0 bridgehead atoms. The van der Waals surface area contributed by atoms with Gasteiger partial charge in [0.1, 0.15) is 0 Å². The Kier molecular flexibility index (Phi) is 3.33. The Balaban J connectivity index is 2.39. The first-order valence-electron chi connectivity index (χ1n) is 3.72. The molecule has 1 heterocycles. The summed E-state index contributed by atoms with van der Waals surface area (Å²) in [5, 5.41) is 0. The molecule has 1 aliphatic rings. The normalized spacial score (nSPS) is 21.5. The van der Waals surface area contributed by atoms with E-state index in [9.17, 15) is 4.79 Å². The van der Waals surface area contributed by atoms with Gasteiger partial charge in [-0.25, -0.2) is 0 Å². The number of amides is 1. The van der Waals surface area contributed by atoms with Crippen LogP contribution in [0.2, 0.25) is 0 Å². The maximum atomic E-state index is 11.3. The molecule has 0 aromatic rings. The van der Waals surface area contributed by atoms with Gasteiger partial charge in [0.05, 0.1) is 18.0 Å². The first kappa shape index (κ1) is 9.00. The van der Waals surface area contributed by atoms with Gasteiger partial charge in [0.2, 0.25) is 5.91 Å². The second-order valence-electron chi connectivity index (χ2n) is 2.55. The van der Waals surface area contributed by atoms with Crippen LogP contribution in [-0.4, -0.2) is 41.9 Å². The molecule has 4 heteroatoms. The van der Waals surface area contributed by atoms with Crippen molar-refractivity contribution in [3.63, 3.8) is 0 Å². The predicted molar refractivity (Wildman–Crippen MR) is 45.8 cm³/mol. The number of morpholine rings is 1. The molecule has 1 rings (SSSR count). The van der Waals surface area contributed by atoms with Gasteiger partial charge in [0.15, 0.2) is 0 Å². The van der Waals surface area contributed by atoms with Crippen LogP contribution in [0.25, 0.3) is 0 Å². The van der Waals surface area contributed by atoms with Crippen molar-refractivity contribution in [2.45, 2.75) is 11.8 Å². The van der Waals surface area contributed by atoms with Crippen LogP contribution in [0.5, 0.6) is 0 Å². The van der Waals surface area contributed by atoms with Gasteiger partial charge in [-0.05, 0) is 6.92 Å². The first-order chi connectivity index (χ1) is 5.22. The molecule has 0 radical (unpaired) electrons. The van der Waals surface area contributed by atoms with Crippen LogP contribution < -0.4 is 0 Å². The zero-order chi connectivity index (χ0) is 8.27. The van der Waals surface area contributed by atoms with Crippen molar-refractivity contribution in [1.29, 1.82) is 0 Å². The topological polar surface area (TPSA) is 29.5 Å². The summed E-state index contributed by atoms with van der Waals surface area (Å²) in [5.41, 5.74) is 0. The first-order valence-corrected chi connectivity index (χ1v) is 4.64. The molecule has 0 spiro atoms. The predicted octanol–water partition coefficient (Wildman–Crippen LogP) is 0.629. The summed E-state index contributed by atoms with van der Waals surface area (Å²) in [5.74, 6) is 0.160. The van der Waals surface area contributed by atoms with Gasteiger partial charge in [-0.3, -0.25) is 4.79 Å². The summed E-state index contributed by atoms with van der Waals surface area (Å²) < 4.78 is 5.12. The van der Waals surface area contributed by atoms with Gasteiger partial charge >= 0.3 is 0 Å². The van der Waals surface area contributed by atoms with Gasteiger partial charge in [0.25, 0.3) is 0 Å². The number of ether oxygens (including phenoxy) is 1. The van der Waals surface area contributed by atoms with Crippen LogP contribution in [0.3, 0.4) is 0 Å². The fraction of sp³-hybridized carbons (Fsp3) is 0.857. The Morgan fingerprint density at radius 1 is 1.55 bits per heavy atom. The number of hydrogen-bond acceptors (Lipinski definition) is 2. The minimum absolute atomic E-state index is 0.0689. The number of alkyl halides is 1. The molecule has 0 aromatic heterocycles. The van der Waals surface area contributed by atoms with Crippen molar-refractivity contribution in [3.8, 4) is 0 Å². The SMILES string of the molecule is C[C@H](Br)C(=O)N1CCOCC1. The lowest BCUT2D eigenvalue weighted by Gasteiger charge is -2.27. The van der Waals surface area contributed by atoms with E-state index < -0.39 is 0 Å². The molecule has 1 saturated heterocycles. The quantitative estimate of drug-likeness (QED) is 0.609. The monoisotopic (exact) mass is 221 g/mol. The summed E-state index contributed by atoms with van der Waals surface area (Å²) in [6.07, 6.45) is 0. The average molecular weight is 222 g/mol. The highest BCUT2D eigenvalue weighted by atomic mass is 79.9. The van der Waals surface area contributed by atoms with E-state index in [1.165, 1.54) is 0 Å². The van der Waals surface area contributed by atoms with E-state index in [4.69, 9.17) is 4.74 Å². The van der Waals surface area contributed by atoms with E-state index >= 15 is 0 Å².